The molecular formula is C25H18F5N7O6. The van der Waals surface area contributed by atoms with Gasteiger partial charge >= 0.3 is 11.9 Å². The number of aliphatic carboxylic acids is 1. The van der Waals surface area contributed by atoms with Gasteiger partial charge in [-0.1, -0.05) is 0 Å². The van der Waals surface area contributed by atoms with Crippen LogP contribution in [0.25, 0.3) is 11.2 Å². The average Bonchev–Trinajstić information content (AvgIpc) is 2.98. The van der Waals surface area contributed by atoms with Gasteiger partial charge in [-0.05, 0) is 30.7 Å². The van der Waals surface area contributed by atoms with E-state index in [1.54, 1.807) is 0 Å². The van der Waals surface area contributed by atoms with Crippen LogP contribution in [0.2, 0.25) is 0 Å². The number of H-pyrrole nitrogens is 1. The van der Waals surface area contributed by atoms with E-state index in [1.165, 1.54) is 30.5 Å². The van der Waals surface area contributed by atoms with Crippen LogP contribution in [0, 0.1) is 29.1 Å². The van der Waals surface area contributed by atoms with Gasteiger partial charge in [-0.25, -0.2) is 27.9 Å². The number of benzene rings is 2. The number of nitrogens with two attached hydrogens (primary N) is 1. The summed E-state index contributed by atoms with van der Waals surface area (Å²) in [5, 5.41) is 14.5. The highest BCUT2D eigenvalue weighted by Crippen LogP contribution is 2.29. The highest BCUT2D eigenvalue weighted by molar-refractivity contribution is 5.97. The predicted molar refractivity (Wildman–Crippen MR) is 136 cm³/mol. The molecule has 4 rings (SSSR count). The van der Waals surface area contributed by atoms with Gasteiger partial charge in [-0.15, -0.1) is 0 Å². The molecule has 2 heterocycles. The second-order valence-corrected chi connectivity index (χ2v) is 8.69. The number of carbonyl (C=O) groups is 3. The number of carboxylic acids is 1. The molecule has 2 aromatic heterocycles. The Morgan fingerprint density at radius 2 is 1.60 bits per heavy atom. The number of ether oxygens (including phenoxy) is 1. The van der Waals surface area contributed by atoms with Gasteiger partial charge in [-0.2, -0.15) is 13.8 Å². The van der Waals surface area contributed by atoms with Crippen molar-refractivity contribution in [1.29, 1.82) is 0 Å². The number of halogens is 5. The van der Waals surface area contributed by atoms with Crippen molar-refractivity contribution in [2.75, 3.05) is 11.1 Å². The minimum Gasteiger partial charge on any atom is -0.480 e. The molecule has 43 heavy (non-hydrogen) atoms. The van der Waals surface area contributed by atoms with Gasteiger partial charge < -0.3 is 26.2 Å². The lowest BCUT2D eigenvalue weighted by molar-refractivity contribution is -0.140. The standard InChI is InChI=1S/C25H18F5N7O6/c26-14-15(27)17(29)20(18(30)16(14)28)43-13(38)6-5-12(24(41)42)35-22(39)9-1-3-10(4-2-9)32-7-11-8-33-21-19(34-11)23(40)37-25(31)36-21/h1-4,8,12,32H,5-7H2,(H,35,39)(H,41,42)(H3,31,33,36,37,40)/t12-/m0/s1. The minimum absolute atomic E-state index is 0.0145. The lowest BCUT2D eigenvalue weighted by atomic mass is 10.1. The lowest BCUT2D eigenvalue weighted by Crippen LogP contribution is -2.41. The Morgan fingerprint density at radius 1 is 0.977 bits per heavy atom. The number of hydrogen-bond donors (Lipinski definition) is 5. The quantitative estimate of drug-likeness (QED) is 0.0581. The van der Waals surface area contributed by atoms with Gasteiger partial charge in [0.2, 0.25) is 40.8 Å². The zero-order chi connectivity index (χ0) is 31.4. The summed E-state index contributed by atoms with van der Waals surface area (Å²) in [7, 11) is 0. The molecule has 0 fully saturated rings. The fraction of sp³-hybridized carbons (Fsp3) is 0.160. The first-order valence-corrected chi connectivity index (χ1v) is 12.0. The third-order valence-corrected chi connectivity index (χ3v) is 5.73. The molecule has 6 N–H and O–H groups in total. The van der Waals surface area contributed by atoms with Gasteiger partial charge in [0.25, 0.3) is 11.5 Å². The van der Waals surface area contributed by atoms with Crippen molar-refractivity contribution in [1.82, 2.24) is 25.3 Å². The van der Waals surface area contributed by atoms with E-state index < -0.39 is 77.1 Å². The summed E-state index contributed by atoms with van der Waals surface area (Å²) in [6, 6.07) is 3.97. The Bertz CT molecular complexity index is 1770. The van der Waals surface area contributed by atoms with E-state index in [9.17, 15) is 46.2 Å². The van der Waals surface area contributed by atoms with Crippen molar-refractivity contribution in [2.24, 2.45) is 0 Å². The molecule has 0 bridgehead atoms. The summed E-state index contributed by atoms with van der Waals surface area (Å²) in [5.41, 5.74) is 5.87. The minimum atomic E-state index is -2.45. The molecule has 0 aliphatic carbocycles. The summed E-state index contributed by atoms with van der Waals surface area (Å²) in [4.78, 5) is 62.5. The fourth-order valence-corrected chi connectivity index (χ4v) is 3.59. The molecule has 0 unspecified atom stereocenters. The van der Waals surface area contributed by atoms with Crippen LogP contribution in [-0.4, -0.2) is 48.9 Å². The van der Waals surface area contributed by atoms with Crippen LogP contribution in [0.1, 0.15) is 28.9 Å². The van der Waals surface area contributed by atoms with E-state index in [0.717, 1.165) is 0 Å². The number of hydrogen-bond acceptors (Lipinski definition) is 10. The molecule has 0 aliphatic rings. The van der Waals surface area contributed by atoms with Crippen molar-refractivity contribution in [3.63, 3.8) is 0 Å². The average molecular weight is 607 g/mol. The highest BCUT2D eigenvalue weighted by Gasteiger charge is 2.29. The SMILES string of the molecule is Nc1nc2ncc(CNc3ccc(C(=O)N[C@@H](CCC(=O)Oc4c(F)c(F)c(F)c(F)c4F)C(=O)O)cc3)nc2c(=O)[nH]1. The first-order chi connectivity index (χ1) is 20.3. The van der Waals surface area contributed by atoms with Gasteiger partial charge in [0.1, 0.15) is 6.04 Å². The number of aromatic nitrogens is 4. The van der Waals surface area contributed by atoms with Crippen LogP contribution in [0.4, 0.5) is 33.6 Å². The van der Waals surface area contributed by atoms with Crippen LogP contribution in [0.5, 0.6) is 5.75 Å². The number of nitrogen functional groups attached to an aromatic ring is 1. The second-order valence-electron chi connectivity index (χ2n) is 8.69. The molecule has 2 aromatic carbocycles. The van der Waals surface area contributed by atoms with Gasteiger partial charge in [0.15, 0.2) is 11.2 Å². The van der Waals surface area contributed by atoms with Crippen molar-refractivity contribution in [3.05, 3.63) is 81.2 Å². The number of carboxylic acid groups (broad SMARTS) is 1. The second kappa shape index (κ2) is 12.5. The molecule has 0 aliphatic heterocycles. The Hall–Kier alpha value is -5.68. The smallest absolute Gasteiger partial charge is 0.326 e. The number of anilines is 2. The van der Waals surface area contributed by atoms with E-state index >= 15 is 0 Å². The number of fused-ring (bicyclic) bond motifs is 1. The number of nitrogens with zero attached hydrogens (tertiary/aromatic N) is 3. The Morgan fingerprint density at radius 3 is 2.23 bits per heavy atom. The fourth-order valence-electron chi connectivity index (χ4n) is 3.59. The molecular weight excluding hydrogens is 589 g/mol. The third kappa shape index (κ3) is 6.80. The molecule has 224 valence electrons. The summed E-state index contributed by atoms with van der Waals surface area (Å²) in [6.45, 7) is 0.125. The molecule has 0 saturated heterocycles. The molecule has 1 atom stereocenters. The topological polar surface area (TPSA) is 202 Å². The molecule has 4 aromatic rings. The van der Waals surface area contributed by atoms with Crippen LogP contribution >= 0.6 is 0 Å². The maximum absolute atomic E-state index is 13.7. The number of nitrogens with one attached hydrogen (secondary N) is 3. The van der Waals surface area contributed by atoms with Crippen LogP contribution in [0.3, 0.4) is 0 Å². The van der Waals surface area contributed by atoms with Crippen molar-refractivity contribution in [2.45, 2.75) is 25.4 Å². The normalized spacial score (nSPS) is 11.7. The molecule has 0 radical (unpaired) electrons. The Labute approximate surface area is 235 Å². The Balaban J connectivity index is 1.33. The maximum Gasteiger partial charge on any atom is 0.326 e. The number of esters is 1. The van der Waals surface area contributed by atoms with Crippen molar-refractivity contribution in [3.8, 4) is 5.75 Å². The van der Waals surface area contributed by atoms with Gasteiger partial charge in [-0.3, -0.25) is 19.4 Å². The molecule has 0 saturated carbocycles. The number of aromatic amines is 1. The number of amides is 1. The van der Waals surface area contributed by atoms with Crippen LogP contribution in [-0.2, 0) is 16.1 Å². The number of carbonyl (C=O) groups excluding carboxylic acids is 2. The van der Waals surface area contributed by atoms with E-state index in [4.69, 9.17) is 5.73 Å². The lowest BCUT2D eigenvalue weighted by Gasteiger charge is -2.15. The molecule has 0 spiro atoms. The maximum atomic E-state index is 13.7. The monoisotopic (exact) mass is 607 g/mol. The summed E-state index contributed by atoms with van der Waals surface area (Å²) in [6.07, 6.45) is -0.132. The van der Waals surface area contributed by atoms with E-state index in [2.05, 4.69) is 35.3 Å². The zero-order valence-electron chi connectivity index (χ0n) is 21.4. The van der Waals surface area contributed by atoms with E-state index in [1.807, 2.05) is 0 Å². The summed E-state index contributed by atoms with van der Waals surface area (Å²) in [5.74, 6) is -17.8. The third-order valence-electron chi connectivity index (χ3n) is 5.73. The van der Waals surface area contributed by atoms with Gasteiger partial charge in [0, 0.05) is 17.7 Å². The molecule has 1 amide bonds. The zero-order valence-corrected chi connectivity index (χ0v) is 21.4. The molecule has 13 nitrogen and oxygen atoms in total. The van der Waals surface area contributed by atoms with Gasteiger partial charge in [0.05, 0.1) is 18.4 Å². The van der Waals surface area contributed by atoms with Crippen LogP contribution in [0.15, 0.2) is 35.3 Å². The molecule has 18 heteroatoms. The first kappa shape index (κ1) is 30.3. The van der Waals surface area contributed by atoms with Crippen molar-refractivity contribution < 1.29 is 46.2 Å². The first-order valence-electron chi connectivity index (χ1n) is 12.0. The predicted octanol–water partition coefficient (Wildman–Crippen LogP) is 2.17. The Kier molecular flexibility index (Phi) is 8.77. The van der Waals surface area contributed by atoms with E-state index in [-0.39, 0.29) is 29.2 Å². The van der Waals surface area contributed by atoms with E-state index in [0.29, 0.717) is 11.4 Å². The number of rotatable bonds is 10. The largest absolute Gasteiger partial charge is 0.480 e. The summed E-state index contributed by atoms with van der Waals surface area (Å²) < 4.78 is 71.4. The van der Waals surface area contributed by atoms with Crippen molar-refractivity contribution >= 4 is 40.6 Å². The summed E-state index contributed by atoms with van der Waals surface area (Å²) >= 11 is 0. The van der Waals surface area contributed by atoms with Crippen LogP contribution < -0.4 is 26.7 Å². The highest BCUT2D eigenvalue weighted by atomic mass is 19.2.